The third kappa shape index (κ3) is 20.8. The number of hydrogen-bond acceptors (Lipinski definition) is 10. The van der Waals surface area contributed by atoms with E-state index in [1.807, 2.05) is 0 Å². The summed E-state index contributed by atoms with van der Waals surface area (Å²) >= 11 is 0. The van der Waals surface area contributed by atoms with Gasteiger partial charge in [0, 0.05) is 68.0 Å². The van der Waals surface area contributed by atoms with E-state index in [1.54, 1.807) is 106 Å². The summed E-state index contributed by atoms with van der Waals surface area (Å²) in [7, 11) is 3.05. The Morgan fingerprint density at radius 2 is 1.00 bits per heavy atom. The molecule has 0 radical (unpaired) electrons. The monoisotopic (exact) mass is 696 g/mol. The van der Waals surface area contributed by atoms with Gasteiger partial charge in [-0.3, -0.25) is 9.59 Å². The molecule has 2 aromatic carbocycles. The molecule has 6 N–H and O–H groups in total. The van der Waals surface area contributed by atoms with Crippen molar-refractivity contribution >= 4 is 23.1 Å². The number of benzene rings is 2. The number of carbonyl (C=O) groups excluding carboxylic acids is 2. The summed E-state index contributed by atoms with van der Waals surface area (Å²) in [6.45, 7) is 17.2. The van der Waals surface area contributed by atoms with Gasteiger partial charge in [0.15, 0.2) is 23.1 Å². The molecule has 0 aromatic heterocycles. The molecule has 0 heterocycles. The van der Waals surface area contributed by atoms with Gasteiger partial charge in [-0.25, -0.2) is 0 Å². The molecule has 2 rings (SSSR count). The second kappa shape index (κ2) is 23.4. The average Bonchev–Trinajstić information content (AvgIpc) is 2.94. The van der Waals surface area contributed by atoms with Crippen molar-refractivity contribution in [1.82, 2.24) is 0 Å². The fourth-order valence-electron chi connectivity index (χ4n) is 2.93. The molecule has 0 aliphatic rings. The van der Waals surface area contributed by atoms with Gasteiger partial charge in [-0.15, -0.1) is 0 Å². The zero-order chi connectivity index (χ0) is 36.4. The zero-order valence-corrected chi connectivity index (χ0v) is 31.6. The van der Waals surface area contributed by atoms with Crippen LogP contribution in [-0.2, 0) is 44.5 Å². The molecule has 47 heavy (non-hydrogen) atoms. The molecule has 0 fully saturated rings. The van der Waals surface area contributed by atoms with E-state index in [2.05, 4.69) is 0 Å². The molecule has 264 valence electrons. The summed E-state index contributed by atoms with van der Waals surface area (Å²) in [5, 5.41) is 54.3. The van der Waals surface area contributed by atoms with E-state index < -0.39 is 10.8 Å². The van der Waals surface area contributed by atoms with Crippen LogP contribution < -0.4 is 9.47 Å². The summed E-state index contributed by atoms with van der Waals surface area (Å²) in [6, 6.07) is 9.76. The van der Waals surface area contributed by atoms with Crippen LogP contribution in [0.4, 0.5) is 0 Å². The number of ether oxygens (including phenoxy) is 2. The van der Waals surface area contributed by atoms with Gasteiger partial charge in [0.1, 0.15) is 11.5 Å². The first-order chi connectivity index (χ1) is 21.0. The van der Waals surface area contributed by atoms with Crippen molar-refractivity contribution in [3.63, 3.8) is 0 Å². The van der Waals surface area contributed by atoms with Crippen molar-refractivity contribution in [2.75, 3.05) is 14.2 Å². The maximum atomic E-state index is 11.8. The summed E-state index contributed by atoms with van der Waals surface area (Å²) in [6.07, 6.45) is 2.09. The SMILES string of the molecule is CC(C)(C)C(=O)/C=C(\O)c1ccc(CO)c(CO)c1.CC(C)O.CC(C)O.COc1ccc(/C(O)=C/C(=O)C(C)(C)C)cc1OC.[Ti]. The number of hydrogen-bond donors (Lipinski definition) is 6. The average molecular weight is 697 g/mol. The van der Waals surface area contributed by atoms with Crippen LogP contribution in [0.5, 0.6) is 11.5 Å². The van der Waals surface area contributed by atoms with Gasteiger partial charge < -0.3 is 40.1 Å². The molecule has 0 amide bonds. The number of aliphatic hydroxyl groups is 6. The van der Waals surface area contributed by atoms with Crippen molar-refractivity contribution in [3.05, 3.63) is 70.8 Å². The first-order valence-electron chi connectivity index (χ1n) is 14.9. The largest absolute Gasteiger partial charge is 0.507 e. The van der Waals surface area contributed by atoms with Gasteiger partial charge in [-0.2, -0.15) is 0 Å². The minimum Gasteiger partial charge on any atom is -0.507 e. The molecule has 10 nitrogen and oxygen atoms in total. The van der Waals surface area contributed by atoms with Crippen LogP contribution in [0.1, 0.15) is 91.5 Å². The smallest absolute Gasteiger partial charge is 0.164 e. The zero-order valence-electron chi connectivity index (χ0n) is 30.0. The van der Waals surface area contributed by atoms with Crippen LogP contribution in [0.15, 0.2) is 48.6 Å². The van der Waals surface area contributed by atoms with Crippen molar-refractivity contribution in [3.8, 4) is 11.5 Å². The van der Waals surface area contributed by atoms with Gasteiger partial charge in [0.05, 0.1) is 27.4 Å². The van der Waals surface area contributed by atoms with Crippen LogP contribution in [0.25, 0.3) is 11.5 Å². The summed E-state index contributed by atoms with van der Waals surface area (Å²) in [5.74, 6) is 0.533. The first-order valence-corrected chi connectivity index (χ1v) is 14.9. The summed E-state index contributed by atoms with van der Waals surface area (Å²) < 4.78 is 10.3. The fraction of sp³-hybridized carbons (Fsp3) is 0.500. The Morgan fingerprint density at radius 1 is 0.660 bits per heavy atom. The van der Waals surface area contributed by atoms with Crippen LogP contribution >= 0.6 is 0 Å². The quantitative estimate of drug-likeness (QED) is 0.106. The van der Waals surface area contributed by atoms with Crippen molar-refractivity contribution in [1.29, 1.82) is 0 Å². The molecule has 0 aliphatic heterocycles. The molecule has 0 bridgehead atoms. The third-order valence-corrected chi connectivity index (χ3v) is 5.54. The molecule has 0 saturated carbocycles. The topological polar surface area (TPSA) is 174 Å². The number of carbonyl (C=O) groups is 2. The minimum atomic E-state index is -0.557. The molecule has 0 aliphatic carbocycles. The molecule has 11 heteroatoms. The van der Waals surface area contributed by atoms with E-state index in [0.29, 0.717) is 33.8 Å². The molecule has 0 unspecified atom stereocenters. The Morgan fingerprint density at radius 3 is 1.32 bits per heavy atom. The van der Waals surface area contributed by atoms with Gasteiger partial charge in [0.2, 0.25) is 0 Å². The van der Waals surface area contributed by atoms with E-state index in [9.17, 15) is 24.9 Å². The van der Waals surface area contributed by atoms with Gasteiger partial charge in [0.25, 0.3) is 0 Å². The molecule has 2 aromatic rings. The molecular weight excluding hydrogens is 640 g/mol. The number of methoxy groups -OCH3 is 2. The van der Waals surface area contributed by atoms with Gasteiger partial charge in [-0.05, 0) is 63.1 Å². The van der Waals surface area contributed by atoms with E-state index in [4.69, 9.17) is 24.8 Å². The second-order valence-corrected chi connectivity index (χ2v) is 12.8. The molecule has 0 saturated heterocycles. The van der Waals surface area contributed by atoms with Crippen molar-refractivity contribution in [2.45, 2.75) is 94.7 Å². The fourth-order valence-corrected chi connectivity index (χ4v) is 2.93. The summed E-state index contributed by atoms with van der Waals surface area (Å²) in [4.78, 5) is 23.6. The van der Waals surface area contributed by atoms with Crippen LogP contribution in [-0.4, -0.2) is 68.6 Å². The number of rotatable bonds is 8. The molecule has 0 spiro atoms. The van der Waals surface area contributed by atoms with Gasteiger partial charge in [-0.1, -0.05) is 53.7 Å². The Bertz CT molecular complexity index is 1180. The number of ketones is 2. The minimum absolute atomic E-state index is 0. The first kappa shape index (κ1) is 48.4. The predicted molar refractivity (Wildman–Crippen MR) is 183 cm³/mol. The maximum Gasteiger partial charge on any atom is 0.164 e. The number of allylic oxidation sites excluding steroid dienone is 2. The standard InChI is InChI=1S/2C15H20O4.2C3H8O.Ti/c1-15(2,3)14(17)9-11(16)10-6-7-12(18-4)13(8-10)19-5;1-15(2,3)14(19)7-13(18)10-4-5-11(8-16)12(6-10)9-17;2*1-3(2)4;/h6-9,16H,1-5H3;4-7,16-18H,8-9H2,1-3H3;2*3-4H,1-2H3;/b11-9-;13-7-;;;. The Hall–Kier alpha value is -2.99. The normalized spacial score (nSPS) is 11.5. The maximum absolute atomic E-state index is 11.8. The van der Waals surface area contributed by atoms with Crippen LogP contribution in [0, 0.1) is 10.8 Å². The predicted octanol–water partition coefficient (Wildman–Crippen LogP) is 6.17. The van der Waals surface area contributed by atoms with Gasteiger partial charge >= 0.3 is 0 Å². The van der Waals surface area contributed by atoms with E-state index in [0.717, 1.165) is 0 Å². The Labute approximate surface area is 295 Å². The molecular formula is C36H56O10Ti. The van der Waals surface area contributed by atoms with Crippen LogP contribution in [0.3, 0.4) is 0 Å². The Kier molecular flexibility index (Phi) is 24.1. The van der Waals surface area contributed by atoms with E-state index in [1.165, 1.54) is 26.4 Å². The van der Waals surface area contributed by atoms with E-state index in [-0.39, 0.29) is 70.2 Å². The van der Waals surface area contributed by atoms with E-state index >= 15 is 0 Å². The second-order valence-electron chi connectivity index (χ2n) is 12.8. The molecule has 0 atom stereocenters. The summed E-state index contributed by atoms with van der Waals surface area (Å²) in [5.41, 5.74) is 1.00. The Balaban J connectivity index is -0.000000659. The van der Waals surface area contributed by atoms with Crippen molar-refractivity contribution in [2.24, 2.45) is 10.8 Å². The van der Waals surface area contributed by atoms with Crippen molar-refractivity contribution < 1.29 is 71.4 Å². The van der Waals surface area contributed by atoms with Crippen LogP contribution in [0.2, 0.25) is 0 Å². The number of aliphatic hydroxyl groups excluding tert-OH is 6. The third-order valence-electron chi connectivity index (χ3n) is 5.54.